The monoisotopic (exact) mass is 226 g/mol. The summed E-state index contributed by atoms with van der Waals surface area (Å²) in [6.45, 7) is 1.96. The molecule has 0 amide bonds. The van der Waals surface area contributed by atoms with Crippen LogP contribution in [0.2, 0.25) is 0 Å². The highest BCUT2D eigenvalue weighted by molar-refractivity contribution is 5.94. The van der Waals surface area contributed by atoms with Crippen LogP contribution in [0.1, 0.15) is 5.82 Å². The summed E-state index contributed by atoms with van der Waals surface area (Å²) >= 11 is 0. The van der Waals surface area contributed by atoms with Gasteiger partial charge in [-0.15, -0.1) is 10.2 Å². The van der Waals surface area contributed by atoms with Crippen LogP contribution in [0.4, 0.5) is 0 Å². The number of hydrogen-bond donors (Lipinski definition) is 0. The molecule has 0 atom stereocenters. The molecular formula is C13H14N4. The summed E-state index contributed by atoms with van der Waals surface area (Å²) in [6.07, 6.45) is 2.11. The molecule has 0 spiro atoms. The van der Waals surface area contributed by atoms with E-state index in [1.807, 2.05) is 24.6 Å². The van der Waals surface area contributed by atoms with E-state index in [1.54, 1.807) is 0 Å². The fourth-order valence-electron chi connectivity index (χ4n) is 2.16. The number of fused-ring (bicyclic) bond motifs is 1. The largest absolute Gasteiger partial charge is 0.350 e. The molecule has 86 valence electrons. The van der Waals surface area contributed by atoms with Crippen LogP contribution < -0.4 is 0 Å². The summed E-state index contributed by atoms with van der Waals surface area (Å²) in [5, 5.41) is 9.57. The smallest absolute Gasteiger partial charge is 0.165 e. The third kappa shape index (κ3) is 1.37. The van der Waals surface area contributed by atoms with Crippen molar-refractivity contribution in [2.75, 3.05) is 0 Å². The third-order valence-corrected chi connectivity index (χ3v) is 3.23. The lowest BCUT2D eigenvalue weighted by Crippen LogP contribution is -1.94. The summed E-state index contributed by atoms with van der Waals surface area (Å²) in [4.78, 5) is 0. The normalized spacial score (nSPS) is 11.2. The number of aromatic nitrogens is 4. The Hall–Kier alpha value is -2.10. The molecule has 0 radical (unpaired) electrons. The molecule has 0 saturated carbocycles. The number of rotatable bonds is 1. The van der Waals surface area contributed by atoms with Crippen molar-refractivity contribution in [2.45, 2.75) is 6.92 Å². The lowest BCUT2D eigenvalue weighted by atomic mass is 10.1. The molecule has 1 aromatic carbocycles. The second kappa shape index (κ2) is 3.45. The van der Waals surface area contributed by atoms with Gasteiger partial charge in [0.15, 0.2) is 5.82 Å². The van der Waals surface area contributed by atoms with Crippen LogP contribution in [0.3, 0.4) is 0 Å². The maximum atomic E-state index is 4.25. The molecule has 2 aromatic heterocycles. The average molecular weight is 226 g/mol. The van der Waals surface area contributed by atoms with Crippen LogP contribution in [0.5, 0.6) is 0 Å². The highest BCUT2D eigenvalue weighted by Crippen LogP contribution is 2.28. The van der Waals surface area contributed by atoms with E-state index >= 15 is 0 Å². The molecule has 0 fully saturated rings. The Morgan fingerprint density at radius 3 is 2.53 bits per heavy atom. The number of nitrogens with zero attached hydrogens (tertiary/aromatic N) is 4. The Labute approximate surface area is 99.5 Å². The van der Waals surface area contributed by atoms with Crippen LogP contribution in [-0.4, -0.2) is 19.3 Å². The fraction of sp³-hybridized carbons (Fsp3) is 0.231. The lowest BCUT2D eigenvalue weighted by molar-refractivity contribution is 0.864. The molecule has 0 bridgehead atoms. The van der Waals surface area contributed by atoms with Gasteiger partial charge in [-0.1, -0.05) is 18.2 Å². The summed E-state index contributed by atoms with van der Waals surface area (Å²) in [5.41, 5.74) is 2.34. The van der Waals surface area contributed by atoms with Crippen LogP contribution in [-0.2, 0) is 14.1 Å². The van der Waals surface area contributed by atoms with Gasteiger partial charge in [-0.05, 0) is 13.0 Å². The van der Waals surface area contributed by atoms with Gasteiger partial charge in [0.1, 0.15) is 5.82 Å². The molecule has 17 heavy (non-hydrogen) atoms. The molecular weight excluding hydrogens is 212 g/mol. The second-order valence-corrected chi connectivity index (χ2v) is 4.30. The molecule has 0 aliphatic rings. The molecule has 0 N–H and O–H groups in total. The zero-order valence-electron chi connectivity index (χ0n) is 10.2. The van der Waals surface area contributed by atoms with Crippen molar-refractivity contribution in [3.05, 3.63) is 36.3 Å². The Morgan fingerprint density at radius 2 is 1.82 bits per heavy atom. The summed E-state index contributed by atoms with van der Waals surface area (Å²) < 4.78 is 4.14. The van der Waals surface area contributed by atoms with Crippen molar-refractivity contribution in [1.29, 1.82) is 0 Å². The molecule has 3 rings (SSSR count). The Bertz CT molecular complexity index is 691. The maximum absolute atomic E-state index is 4.25. The van der Waals surface area contributed by atoms with Gasteiger partial charge < -0.3 is 9.13 Å². The zero-order chi connectivity index (χ0) is 12.0. The van der Waals surface area contributed by atoms with E-state index in [9.17, 15) is 0 Å². The van der Waals surface area contributed by atoms with Gasteiger partial charge in [-0.25, -0.2) is 0 Å². The second-order valence-electron chi connectivity index (χ2n) is 4.30. The van der Waals surface area contributed by atoms with E-state index in [2.05, 4.69) is 46.2 Å². The molecule has 2 heterocycles. The highest BCUT2D eigenvalue weighted by atomic mass is 15.3. The first-order valence-electron chi connectivity index (χ1n) is 5.59. The average Bonchev–Trinajstić information content (AvgIpc) is 2.83. The predicted molar refractivity (Wildman–Crippen MR) is 67.7 cm³/mol. The van der Waals surface area contributed by atoms with E-state index in [4.69, 9.17) is 0 Å². The van der Waals surface area contributed by atoms with Crippen LogP contribution in [0.15, 0.2) is 30.5 Å². The standard InChI is InChI=1S/C13H14N4/c1-9-14-15-13(17(9)3)11-8-16(2)12-7-5-4-6-10(11)12/h4-8H,1-3H3. The highest BCUT2D eigenvalue weighted by Gasteiger charge is 2.13. The molecule has 4 heteroatoms. The van der Waals surface area contributed by atoms with E-state index in [0.717, 1.165) is 17.2 Å². The third-order valence-electron chi connectivity index (χ3n) is 3.23. The first kappa shape index (κ1) is 10.1. The molecule has 0 saturated heterocycles. The van der Waals surface area contributed by atoms with Crippen molar-refractivity contribution in [3.8, 4) is 11.4 Å². The van der Waals surface area contributed by atoms with Crippen LogP contribution >= 0.6 is 0 Å². The van der Waals surface area contributed by atoms with Gasteiger partial charge >= 0.3 is 0 Å². The topological polar surface area (TPSA) is 35.6 Å². The summed E-state index contributed by atoms with van der Waals surface area (Å²) in [6, 6.07) is 8.33. The van der Waals surface area contributed by atoms with Gasteiger partial charge in [0.05, 0.1) is 0 Å². The number of benzene rings is 1. The van der Waals surface area contributed by atoms with Crippen molar-refractivity contribution in [1.82, 2.24) is 19.3 Å². The minimum absolute atomic E-state index is 0.916. The first-order valence-corrected chi connectivity index (χ1v) is 5.59. The van der Waals surface area contributed by atoms with E-state index in [0.29, 0.717) is 0 Å². The molecule has 0 aliphatic heterocycles. The molecule has 0 aliphatic carbocycles. The van der Waals surface area contributed by atoms with Gasteiger partial charge in [-0.2, -0.15) is 0 Å². The predicted octanol–water partition coefficient (Wildman–Crippen LogP) is 2.28. The summed E-state index contributed by atoms with van der Waals surface area (Å²) in [5.74, 6) is 1.84. The van der Waals surface area contributed by atoms with Gasteiger partial charge in [0, 0.05) is 36.8 Å². The maximum Gasteiger partial charge on any atom is 0.165 e. The molecule has 4 nitrogen and oxygen atoms in total. The lowest BCUT2D eigenvalue weighted by Gasteiger charge is -1.99. The first-order chi connectivity index (χ1) is 8.18. The Balaban J connectivity index is 2.35. The van der Waals surface area contributed by atoms with E-state index in [1.165, 1.54) is 10.9 Å². The minimum Gasteiger partial charge on any atom is -0.350 e. The van der Waals surface area contributed by atoms with Crippen molar-refractivity contribution in [3.63, 3.8) is 0 Å². The number of para-hydroxylation sites is 1. The van der Waals surface area contributed by atoms with Crippen LogP contribution in [0, 0.1) is 6.92 Å². The number of hydrogen-bond acceptors (Lipinski definition) is 2. The Morgan fingerprint density at radius 1 is 1.06 bits per heavy atom. The van der Waals surface area contributed by atoms with Crippen LogP contribution in [0.25, 0.3) is 22.3 Å². The van der Waals surface area contributed by atoms with E-state index in [-0.39, 0.29) is 0 Å². The van der Waals surface area contributed by atoms with E-state index < -0.39 is 0 Å². The quantitative estimate of drug-likeness (QED) is 0.638. The van der Waals surface area contributed by atoms with Crippen molar-refractivity contribution in [2.24, 2.45) is 14.1 Å². The SMILES string of the molecule is Cc1nnc(-c2cn(C)c3ccccc23)n1C. The van der Waals surface area contributed by atoms with Crippen molar-refractivity contribution >= 4 is 10.9 Å². The zero-order valence-corrected chi connectivity index (χ0v) is 10.2. The number of aryl methyl sites for hydroxylation is 2. The van der Waals surface area contributed by atoms with Gasteiger partial charge in [0.2, 0.25) is 0 Å². The van der Waals surface area contributed by atoms with Gasteiger partial charge in [-0.3, -0.25) is 0 Å². The fourth-order valence-corrected chi connectivity index (χ4v) is 2.16. The Kier molecular flexibility index (Phi) is 2.04. The molecule has 0 unspecified atom stereocenters. The van der Waals surface area contributed by atoms with Crippen molar-refractivity contribution < 1.29 is 0 Å². The minimum atomic E-state index is 0.916. The molecule has 3 aromatic rings. The van der Waals surface area contributed by atoms with Gasteiger partial charge in [0.25, 0.3) is 0 Å². The summed E-state index contributed by atoms with van der Waals surface area (Å²) in [7, 11) is 4.04.